The van der Waals surface area contributed by atoms with Gasteiger partial charge in [0, 0.05) is 19.9 Å². The Morgan fingerprint density at radius 3 is 3.06 bits per heavy atom. The number of ether oxygens (including phenoxy) is 1. The zero-order chi connectivity index (χ0) is 12.7. The molecule has 0 aliphatic carbocycles. The van der Waals surface area contributed by atoms with E-state index in [-0.39, 0.29) is 12.3 Å². The van der Waals surface area contributed by atoms with Crippen LogP contribution in [-0.4, -0.2) is 28.9 Å². The van der Waals surface area contributed by atoms with E-state index in [4.69, 9.17) is 10.00 Å². The van der Waals surface area contributed by atoms with Crippen LogP contribution < -0.4 is 5.32 Å². The van der Waals surface area contributed by atoms with Crippen LogP contribution in [0.15, 0.2) is 6.20 Å². The van der Waals surface area contributed by atoms with Crippen molar-refractivity contribution in [2.45, 2.75) is 19.8 Å². The molecular weight excluding hydrogens is 220 g/mol. The summed E-state index contributed by atoms with van der Waals surface area (Å²) in [6.07, 6.45) is 2.76. The molecule has 0 unspecified atom stereocenters. The Hall–Kier alpha value is -1.87. The smallest absolute Gasteiger partial charge is 0.227 e. The average molecular weight is 236 g/mol. The zero-order valence-electron chi connectivity index (χ0n) is 10.1. The van der Waals surface area contributed by atoms with Crippen LogP contribution in [0.3, 0.4) is 0 Å². The van der Waals surface area contributed by atoms with Crippen LogP contribution in [0.5, 0.6) is 0 Å². The Morgan fingerprint density at radius 1 is 1.65 bits per heavy atom. The van der Waals surface area contributed by atoms with Gasteiger partial charge in [0.05, 0.1) is 13.0 Å². The predicted octanol–water partition coefficient (Wildman–Crippen LogP) is 1.05. The van der Waals surface area contributed by atoms with Crippen LogP contribution in [0, 0.1) is 11.3 Å². The van der Waals surface area contributed by atoms with Gasteiger partial charge in [0.2, 0.25) is 5.91 Å². The molecule has 0 aromatic carbocycles. The van der Waals surface area contributed by atoms with Crippen LogP contribution in [0.2, 0.25) is 0 Å². The summed E-state index contributed by atoms with van der Waals surface area (Å²) >= 11 is 0. The van der Waals surface area contributed by atoms with Crippen molar-refractivity contribution in [2.24, 2.45) is 7.05 Å². The Labute approximate surface area is 100 Å². The number of anilines is 1. The molecule has 0 saturated heterocycles. The minimum absolute atomic E-state index is 0.198. The third-order valence-electron chi connectivity index (χ3n) is 2.03. The molecule has 92 valence electrons. The largest absolute Gasteiger partial charge is 0.381 e. The van der Waals surface area contributed by atoms with Crippen LogP contribution >= 0.6 is 0 Å². The lowest BCUT2D eigenvalue weighted by atomic mass is 10.3. The van der Waals surface area contributed by atoms with Gasteiger partial charge in [-0.05, 0) is 6.42 Å². The highest BCUT2D eigenvalue weighted by Gasteiger charge is 2.10. The van der Waals surface area contributed by atoms with Crippen molar-refractivity contribution in [1.82, 2.24) is 9.78 Å². The van der Waals surface area contributed by atoms with Crippen LogP contribution in [-0.2, 0) is 16.6 Å². The number of carbonyl (C=O) groups is 1. The highest BCUT2D eigenvalue weighted by atomic mass is 16.5. The van der Waals surface area contributed by atoms with Gasteiger partial charge >= 0.3 is 0 Å². The number of hydrogen-bond acceptors (Lipinski definition) is 4. The van der Waals surface area contributed by atoms with E-state index in [9.17, 15) is 4.79 Å². The summed E-state index contributed by atoms with van der Waals surface area (Å²) in [5.74, 6) is 0.104. The van der Waals surface area contributed by atoms with Gasteiger partial charge in [-0.25, -0.2) is 0 Å². The molecule has 0 aliphatic heterocycles. The fourth-order valence-electron chi connectivity index (χ4n) is 1.27. The van der Waals surface area contributed by atoms with E-state index in [2.05, 4.69) is 10.4 Å². The molecule has 1 N–H and O–H groups in total. The van der Waals surface area contributed by atoms with Crippen molar-refractivity contribution in [3.8, 4) is 6.07 Å². The van der Waals surface area contributed by atoms with Crippen molar-refractivity contribution >= 4 is 11.7 Å². The summed E-state index contributed by atoms with van der Waals surface area (Å²) in [4.78, 5) is 11.5. The summed E-state index contributed by atoms with van der Waals surface area (Å²) in [7, 11) is 1.70. The molecule has 1 heterocycles. The van der Waals surface area contributed by atoms with Gasteiger partial charge in [0.15, 0.2) is 5.82 Å². The SMILES string of the molecule is CCCOCCC(=O)Nc1nn(C)cc1C#N. The quantitative estimate of drug-likeness (QED) is 0.748. The number of nitriles is 1. The summed E-state index contributed by atoms with van der Waals surface area (Å²) in [5, 5.41) is 15.4. The van der Waals surface area contributed by atoms with E-state index in [0.717, 1.165) is 6.42 Å². The van der Waals surface area contributed by atoms with Gasteiger partial charge in [-0.3, -0.25) is 9.48 Å². The molecule has 0 fully saturated rings. The lowest BCUT2D eigenvalue weighted by molar-refractivity contribution is -0.117. The second-order valence-electron chi connectivity index (χ2n) is 3.59. The molecule has 0 bridgehead atoms. The van der Waals surface area contributed by atoms with Crippen LogP contribution in [0.4, 0.5) is 5.82 Å². The zero-order valence-corrected chi connectivity index (χ0v) is 10.1. The fourth-order valence-corrected chi connectivity index (χ4v) is 1.27. The standard InChI is InChI=1S/C11H16N4O2/c1-3-5-17-6-4-10(16)13-11-9(7-12)8-15(2)14-11/h8H,3-6H2,1-2H3,(H,13,14,16). The van der Waals surface area contributed by atoms with E-state index in [1.54, 1.807) is 13.2 Å². The molecule has 1 amide bonds. The summed E-state index contributed by atoms with van der Waals surface area (Å²) in [5.41, 5.74) is 0.357. The van der Waals surface area contributed by atoms with Gasteiger partial charge < -0.3 is 10.1 Å². The van der Waals surface area contributed by atoms with Crippen molar-refractivity contribution in [3.63, 3.8) is 0 Å². The molecule has 0 atom stereocenters. The maximum absolute atomic E-state index is 11.5. The number of carbonyl (C=O) groups excluding carboxylic acids is 1. The number of nitrogens with zero attached hydrogens (tertiary/aromatic N) is 3. The molecular formula is C11H16N4O2. The second kappa shape index (κ2) is 6.66. The monoisotopic (exact) mass is 236 g/mol. The highest BCUT2D eigenvalue weighted by molar-refractivity contribution is 5.90. The second-order valence-corrected chi connectivity index (χ2v) is 3.59. The molecule has 1 aromatic rings. The number of aromatic nitrogens is 2. The molecule has 1 rings (SSSR count). The Balaban J connectivity index is 2.42. The number of rotatable bonds is 6. The molecule has 0 radical (unpaired) electrons. The first-order valence-electron chi connectivity index (χ1n) is 5.48. The predicted molar refractivity (Wildman–Crippen MR) is 62.3 cm³/mol. The molecule has 6 nitrogen and oxygen atoms in total. The highest BCUT2D eigenvalue weighted by Crippen LogP contribution is 2.10. The lowest BCUT2D eigenvalue weighted by Gasteiger charge is -2.03. The average Bonchev–Trinajstić information content (AvgIpc) is 2.65. The first kappa shape index (κ1) is 13.2. The number of aryl methyl sites for hydroxylation is 1. The maximum atomic E-state index is 11.5. The van der Waals surface area contributed by atoms with Gasteiger partial charge in [0.1, 0.15) is 11.6 Å². The first-order valence-corrected chi connectivity index (χ1v) is 5.48. The van der Waals surface area contributed by atoms with E-state index in [1.165, 1.54) is 4.68 Å². The third-order valence-corrected chi connectivity index (χ3v) is 2.03. The molecule has 6 heteroatoms. The van der Waals surface area contributed by atoms with Crippen molar-refractivity contribution in [1.29, 1.82) is 5.26 Å². The minimum Gasteiger partial charge on any atom is -0.381 e. The Kier molecular flexibility index (Phi) is 5.17. The van der Waals surface area contributed by atoms with E-state index in [1.807, 2.05) is 13.0 Å². The topological polar surface area (TPSA) is 79.9 Å². The Morgan fingerprint density at radius 2 is 2.41 bits per heavy atom. The van der Waals surface area contributed by atoms with E-state index >= 15 is 0 Å². The maximum Gasteiger partial charge on any atom is 0.227 e. The van der Waals surface area contributed by atoms with E-state index in [0.29, 0.717) is 24.6 Å². The third kappa shape index (κ3) is 4.25. The van der Waals surface area contributed by atoms with Gasteiger partial charge in [0.25, 0.3) is 0 Å². The summed E-state index contributed by atoms with van der Waals surface area (Å²) < 4.78 is 6.69. The number of amides is 1. The fraction of sp³-hybridized carbons (Fsp3) is 0.545. The van der Waals surface area contributed by atoms with Crippen LogP contribution in [0.25, 0.3) is 0 Å². The number of nitrogens with one attached hydrogen (secondary N) is 1. The van der Waals surface area contributed by atoms with Gasteiger partial charge in [-0.1, -0.05) is 6.92 Å². The molecule has 17 heavy (non-hydrogen) atoms. The molecule has 0 spiro atoms. The first-order chi connectivity index (χ1) is 8.17. The van der Waals surface area contributed by atoms with E-state index < -0.39 is 0 Å². The van der Waals surface area contributed by atoms with Crippen molar-refractivity contribution in [2.75, 3.05) is 18.5 Å². The van der Waals surface area contributed by atoms with Crippen molar-refractivity contribution in [3.05, 3.63) is 11.8 Å². The molecule has 1 aromatic heterocycles. The summed E-state index contributed by atoms with van der Waals surface area (Å²) in [6.45, 7) is 3.04. The molecule has 0 aliphatic rings. The lowest BCUT2D eigenvalue weighted by Crippen LogP contribution is -2.15. The Bertz CT molecular complexity index is 420. The van der Waals surface area contributed by atoms with Gasteiger partial charge in [-0.15, -0.1) is 0 Å². The number of hydrogen-bond donors (Lipinski definition) is 1. The van der Waals surface area contributed by atoms with Crippen molar-refractivity contribution < 1.29 is 9.53 Å². The normalized spacial score (nSPS) is 9.94. The summed E-state index contributed by atoms with van der Waals surface area (Å²) in [6, 6.07) is 1.97. The van der Waals surface area contributed by atoms with Crippen LogP contribution in [0.1, 0.15) is 25.3 Å². The minimum atomic E-state index is -0.198. The molecule has 0 saturated carbocycles. The van der Waals surface area contributed by atoms with Gasteiger partial charge in [-0.2, -0.15) is 10.4 Å².